The van der Waals surface area contributed by atoms with E-state index in [1.165, 1.54) is 10.7 Å². The zero-order valence-electron chi connectivity index (χ0n) is 16.8. The van der Waals surface area contributed by atoms with Crippen molar-refractivity contribution < 1.29 is 23.0 Å². The van der Waals surface area contributed by atoms with Crippen molar-refractivity contribution in [2.75, 3.05) is 45.2 Å². The summed E-state index contributed by atoms with van der Waals surface area (Å²) < 4.78 is 36.8. The van der Waals surface area contributed by atoms with Crippen LogP contribution in [0.15, 0.2) is 30.6 Å². The number of benzene rings is 1. The van der Waals surface area contributed by atoms with Gasteiger partial charge in [0.2, 0.25) is 0 Å². The van der Waals surface area contributed by atoms with E-state index in [-0.39, 0.29) is 17.5 Å². The molecule has 2 atom stereocenters. The van der Waals surface area contributed by atoms with Gasteiger partial charge in [0, 0.05) is 46.8 Å². The molecule has 5 rings (SSSR count). The second-order valence-corrected chi connectivity index (χ2v) is 8.39. The van der Waals surface area contributed by atoms with Gasteiger partial charge >= 0.3 is 12.3 Å². The second-order valence-electron chi connectivity index (χ2n) is 8.39. The van der Waals surface area contributed by atoms with Crippen LogP contribution in [0.2, 0.25) is 0 Å². The molecule has 4 heterocycles. The molecule has 2 fully saturated rings. The third kappa shape index (κ3) is 3.45. The van der Waals surface area contributed by atoms with Crippen LogP contribution in [0.4, 0.5) is 19.3 Å². The van der Waals surface area contributed by atoms with Crippen LogP contribution in [0, 0.1) is 11.8 Å². The number of amides is 1. The lowest BCUT2D eigenvalue weighted by Gasteiger charge is -2.21. The molecule has 8 nitrogen and oxygen atoms in total. The topological polar surface area (TPSA) is 63.1 Å². The van der Waals surface area contributed by atoms with E-state index in [0.717, 1.165) is 24.3 Å². The number of fused-ring (bicyclic) bond motifs is 2. The molecule has 3 aliphatic heterocycles. The highest BCUT2D eigenvalue weighted by molar-refractivity contribution is 5.77. The van der Waals surface area contributed by atoms with Gasteiger partial charge in [-0.1, -0.05) is 6.07 Å². The molecule has 0 spiro atoms. The Morgan fingerprint density at radius 1 is 1.17 bits per heavy atom. The molecule has 1 aromatic carbocycles. The summed E-state index contributed by atoms with van der Waals surface area (Å²) in [6, 6.07) is 4.82. The number of halogens is 2. The summed E-state index contributed by atoms with van der Waals surface area (Å²) in [6.45, 7) is 3.77. The van der Waals surface area contributed by atoms with Crippen LogP contribution in [-0.2, 0) is 6.54 Å². The molecule has 0 N–H and O–H groups in total. The average Bonchev–Trinajstić information content (AvgIpc) is 3.40. The van der Waals surface area contributed by atoms with Crippen molar-refractivity contribution in [2.24, 2.45) is 11.8 Å². The van der Waals surface area contributed by atoms with E-state index < -0.39 is 6.29 Å². The van der Waals surface area contributed by atoms with Gasteiger partial charge in [-0.05, 0) is 29.5 Å². The monoisotopic (exact) mass is 419 g/mol. The van der Waals surface area contributed by atoms with E-state index in [1.54, 1.807) is 24.5 Å². The van der Waals surface area contributed by atoms with E-state index in [4.69, 9.17) is 0 Å². The molecule has 0 saturated carbocycles. The highest BCUT2D eigenvalue weighted by Gasteiger charge is 2.44. The Hall–Kier alpha value is -2.88. The minimum Gasteiger partial charge on any atom is -0.395 e. The number of carbonyl (C=O) groups is 1. The molecule has 2 aromatic rings. The second kappa shape index (κ2) is 6.83. The highest BCUT2D eigenvalue weighted by atomic mass is 19.3. The number of ether oxygens (including phenoxy) is 2. The normalized spacial score (nSPS) is 24.3. The number of anilines is 1. The van der Waals surface area contributed by atoms with Crippen LogP contribution in [0.1, 0.15) is 5.56 Å². The van der Waals surface area contributed by atoms with E-state index in [1.807, 2.05) is 23.9 Å². The molecule has 0 bridgehead atoms. The number of carbonyl (C=O) groups excluding carboxylic acids is 1. The van der Waals surface area contributed by atoms with Crippen molar-refractivity contribution in [2.45, 2.75) is 12.8 Å². The first-order chi connectivity index (χ1) is 14.3. The van der Waals surface area contributed by atoms with Crippen molar-refractivity contribution in [3.05, 3.63) is 36.2 Å². The quantitative estimate of drug-likeness (QED) is 0.761. The molecule has 10 heteroatoms. The molecule has 1 aromatic heterocycles. The van der Waals surface area contributed by atoms with Crippen LogP contribution in [0.5, 0.6) is 11.5 Å². The standard InChI is InChI=1S/C20H23F2N5O3/c1-24(2)16-6-23-27(12-16)19(28)26-10-14-8-25(9-15(14)11-26)7-13-3-4-17-18(5-13)30-20(21,22)29-17/h3-6,12,14-15H,7-11H2,1-2H3. The molecule has 30 heavy (non-hydrogen) atoms. The number of rotatable bonds is 3. The van der Waals surface area contributed by atoms with Crippen LogP contribution in [0.25, 0.3) is 0 Å². The van der Waals surface area contributed by atoms with Crippen LogP contribution >= 0.6 is 0 Å². The number of hydrogen-bond acceptors (Lipinski definition) is 6. The SMILES string of the molecule is CN(C)c1cnn(C(=O)N2CC3CN(Cc4ccc5c(c4)OC(F)(F)O5)CC3C2)c1. The lowest BCUT2D eigenvalue weighted by molar-refractivity contribution is -0.286. The minimum absolute atomic E-state index is 0.0623. The molecular formula is C20H23F2N5O3. The Bertz CT molecular complexity index is 965. The van der Waals surface area contributed by atoms with Gasteiger partial charge in [-0.15, -0.1) is 8.78 Å². The van der Waals surface area contributed by atoms with Crippen molar-refractivity contribution in [3.8, 4) is 11.5 Å². The van der Waals surface area contributed by atoms with Crippen molar-refractivity contribution >= 4 is 11.7 Å². The lowest BCUT2D eigenvalue weighted by Crippen LogP contribution is -2.36. The Morgan fingerprint density at radius 3 is 2.53 bits per heavy atom. The largest absolute Gasteiger partial charge is 0.586 e. The summed E-state index contributed by atoms with van der Waals surface area (Å²) in [5, 5.41) is 4.18. The Kier molecular flexibility index (Phi) is 4.35. The fraction of sp³-hybridized carbons (Fsp3) is 0.500. The van der Waals surface area contributed by atoms with Crippen LogP contribution in [0.3, 0.4) is 0 Å². The van der Waals surface area contributed by atoms with Crippen molar-refractivity contribution in [1.82, 2.24) is 19.6 Å². The molecule has 0 aliphatic carbocycles. The molecule has 2 unspecified atom stereocenters. The summed E-state index contributed by atoms with van der Waals surface area (Å²) in [5.74, 6) is 0.935. The van der Waals surface area contributed by atoms with Gasteiger partial charge in [0.25, 0.3) is 0 Å². The molecule has 0 radical (unpaired) electrons. The molecule has 160 valence electrons. The van der Waals surface area contributed by atoms with Gasteiger partial charge in [0.05, 0.1) is 18.1 Å². The predicted molar refractivity (Wildman–Crippen MR) is 104 cm³/mol. The van der Waals surface area contributed by atoms with Crippen LogP contribution in [-0.4, -0.2) is 72.2 Å². The van der Waals surface area contributed by atoms with E-state index in [9.17, 15) is 13.6 Å². The number of aromatic nitrogens is 2. The van der Waals surface area contributed by atoms with Crippen molar-refractivity contribution in [1.29, 1.82) is 0 Å². The first kappa shape index (κ1) is 19.1. The molecule has 2 saturated heterocycles. The highest BCUT2D eigenvalue weighted by Crippen LogP contribution is 2.41. The van der Waals surface area contributed by atoms with E-state index >= 15 is 0 Å². The summed E-state index contributed by atoms with van der Waals surface area (Å²) in [5.41, 5.74) is 1.78. The number of nitrogens with zero attached hydrogens (tertiary/aromatic N) is 5. The first-order valence-electron chi connectivity index (χ1n) is 9.90. The third-order valence-electron chi connectivity index (χ3n) is 5.99. The number of hydrogen-bond donors (Lipinski definition) is 0. The maximum Gasteiger partial charge on any atom is 0.586 e. The fourth-order valence-corrected chi connectivity index (χ4v) is 4.52. The molecule has 1 amide bonds. The van der Waals surface area contributed by atoms with Gasteiger partial charge in [-0.2, -0.15) is 9.78 Å². The van der Waals surface area contributed by atoms with Gasteiger partial charge in [-0.3, -0.25) is 4.90 Å². The molecular weight excluding hydrogens is 396 g/mol. The average molecular weight is 419 g/mol. The van der Waals surface area contributed by atoms with E-state index in [2.05, 4.69) is 19.5 Å². The Labute approximate surface area is 172 Å². The van der Waals surface area contributed by atoms with Gasteiger partial charge in [0.15, 0.2) is 11.5 Å². The smallest absolute Gasteiger partial charge is 0.395 e. The zero-order chi connectivity index (χ0) is 21.0. The maximum absolute atomic E-state index is 13.2. The summed E-state index contributed by atoms with van der Waals surface area (Å²) >= 11 is 0. The van der Waals surface area contributed by atoms with Crippen LogP contribution < -0.4 is 14.4 Å². The maximum atomic E-state index is 13.2. The van der Waals surface area contributed by atoms with Gasteiger partial charge in [0.1, 0.15) is 0 Å². The minimum atomic E-state index is -3.59. The number of likely N-dealkylation sites (tertiary alicyclic amines) is 2. The first-order valence-corrected chi connectivity index (χ1v) is 9.90. The summed E-state index contributed by atoms with van der Waals surface area (Å²) in [4.78, 5) is 18.8. The molecule has 3 aliphatic rings. The summed E-state index contributed by atoms with van der Waals surface area (Å²) in [7, 11) is 3.82. The summed E-state index contributed by atoms with van der Waals surface area (Å²) in [6.07, 6.45) is -0.173. The van der Waals surface area contributed by atoms with Gasteiger partial charge < -0.3 is 19.3 Å². The Balaban J connectivity index is 1.18. The Morgan fingerprint density at radius 2 is 1.87 bits per heavy atom. The lowest BCUT2D eigenvalue weighted by atomic mass is 10.0. The van der Waals surface area contributed by atoms with E-state index in [0.29, 0.717) is 31.5 Å². The third-order valence-corrected chi connectivity index (χ3v) is 5.99. The fourth-order valence-electron chi connectivity index (χ4n) is 4.52. The predicted octanol–water partition coefficient (Wildman–Crippen LogP) is 2.30. The van der Waals surface area contributed by atoms with Gasteiger partial charge in [-0.25, -0.2) is 4.79 Å². The zero-order valence-corrected chi connectivity index (χ0v) is 16.8. The number of alkyl halides is 2. The van der Waals surface area contributed by atoms with Crippen molar-refractivity contribution in [3.63, 3.8) is 0 Å².